The van der Waals surface area contributed by atoms with Crippen LogP contribution in [0.5, 0.6) is 0 Å². The van der Waals surface area contributed by atoms with Crippen molar-refractivity contribution >= 4 is 94.2 Å². The van der Waals surface area contributed by atoms with Gasteiger partial charge in [-0.05, 0) is 98.6 Å². The third-order valence-electron chi connectivity index (χ3n) is 13.9. The van der Waals surface area contributed by atoms with Crippen molar-refractivity contribution in [1.82, 2.24) is 13.7 Å². The first kappa shape index (κ1) is 29.0. The Morgan fingerprint density at radius 1 is 0.257 bits per heavy atom. The highest BCUT2D eigenvalue weighted by Crippen LogP contribution is 2.40. The molecule has 0 atom stereocenters. The maximum atomic E-state index is 9.35. The third-order valence-corrected chi connectivity index (χ3v) is 18.7. The lowest BCUT2D eigenvalue weighted by Crippen LogP contribution is -2.74. The largest absolute Gasteiger partial charge is 0.309 e. The topological polar surface area (TPSA) is 14.8 Å². The van der Waals surface area contributed by atoms with E-state index in [1.807, 2.05) is 41.0 Å². The van der Waals surface area contributed by atoms with E-state index in [1.165, 1.54) is 31.4 Å². The lowest BCUT2D eigenvalue weighted by Gasteiger charge is -2.34. The van der Waals surface area contributed by atoms with E-state index < -0.39 is 86.6 Å². The number of hydrogen-bond acceptors (Lipinski definition) is 0. The van der Waals surface area contributed by atoms with Crippen molar-refractivity contribution in [3.05, 3.63) is 273 Å². The first-order valence-corrected chi connectivity index (χ1v) is 25.1. The predicted octanol–water partition coefficient (Wildman–Crippen LogP) is 14.0. The van der Waals surface area contributed by atoms with Crippen molar-refractivity contribution in [3.63, 3.8) is 0 Å². The summed E-state index contributed by atoms with van der Waals surface area (Å²) < 4.78 is 122. The van der Waals surface area contributed by atoms with Gasteiger partial charge in [-0.1, -0.05) is 206 Å². The van der Waals surface area contributed by atoms with Crippen LogP contribution in [0.2, 0.25) is 0 Å². The number of benzene rings is 11. The molecule has 14 rings (SSSR count). The van der Waals surface area contributed by atoms with Crippen LogP contribution in [-0.4, -0.2) is 21.8 Å². The van der Waals surface area contributed by atoms with Crippen molar-refractivity contribution in [2.24, 2.45) is 0 Å². The summed E-state index contributed by atoms with van der Waals surface area (Å²) in [4.78, 5) is 0. The molecule has 0 spiro atoms. The van der Waals surface area contributed by atoms with Gasteiger partial charge in [0.1, 0.15) is 0 Å². The minimum atomic E-state index is -2.97. The van der Waals surface area contributed by atoms with Crippen LogP contribution in [0.15, 0.2) is 273 Å². The van der Waals surface area contributed by atoms with Gasteiger partial charge in [-0.15, -0.1) is 0 Å². The summed E-state index contributed by atoms with van der Waals surface area (Å²) in [6.45, 7) is 0. The van der Waals surface area contributed by atoms with Crippen LogP contribution < -0.4 is 20.7 Å². The molecule has 3 nitrogen and oxygen atoms in total. The van der Waals surface area contributed by atoms with E-state index in [9.17, 15) is 5.48 Å². The van der Waals surface area contributed by atoms with Crippen LogP contribution in [-0.2, 0) is 0 Å². The van der Waals surface area contributed by atoms with Gasteiger partial charge in [-0.2, -0.15) is 0 Å². The van der Waals surface area contributed by atoms with E-state index in [4.69, 9.17) is 12.3 Å². The maximum absolute atomic E-state index is 9.35. The van der Waals surface area contributed by atoms with Gasteiger partial charge in [0.2, 0.25) is 0 Å². The second-order valence-electron chi connectivity index (χ2n) is 17.5. The van der Waals surface area contributed by atoms with Crippen molar-refractivity contribution in [2.45, 2.75) is 0 Å². The van der Waals surface area contributed by atoms with Gasteiger partial charge >= 0.3 is 0 Å². The Hall–Kier alpha value is -8.96. The second kappa shape index (κ2) is 16.1. The molecule has 0 saturated carbocycles. The summed E-state index contributed by atoms with van der Waals surface area (Å²) >= 11 is 0. The van der Waals surface area contributed by atoms with Crippen LogP contribution in [0.3, 0.4) is 0 Å². The molecule has 0 fully saturated rings. The monoisotopic (exact) mass is 920 g/mol. The van der Waals surface area contributed by atoms with Crippen LogP contribution in [0.25, 0.3) is 93.6 Å². The van der Waals surface area contributed by atoms with Gasteiger partial charge in [0.15, 0.2) is 8.07 Å². The second-order valence-corrected chi connectivity index (χ2v) is 21.3. The number of rotatable bonds is 8. The molecule has 3 aromatic heterocycles. The molecule has 0 bridgehead atoms. The molecule has 0 radical (unpaired) electrons. The van der Waals surface area contributed by atoms with Crippen LogP contribution in [0.4, 0.5) is 0 Å². The van der Waals surface area contributed by atoms with Crippen molar-refractivity contribution in [3.8, 4) is 28.2 Å². The molecular weight excluding hydrogens is 863 g/mol. The summed E-state index contributed by atoms with van der Waals surface area (Å²) in [6, 6.07) is 59.9. The van der Waals surface area contributed by atoms with E-state index in [0.717, 1.165) is 49.3 Å². The zero-order valence-electron chi connectivity index (χ0n) is 50.3. The van der Waals surface area contributed by atoms with Crippen molar-refractivity contribution < 1.29 is 17.8 Å². The number of aromatic nitrogens is 3. The molecule has 11 aromatic carbocycles. The Balaban J connectivity index is 1.06. The summed E-state index contributed by atoms with van der Waals surface area (Å²) in [5.74, 6) is 0. The smallest absolute Gasteiger partial charge is 0.179 e. The molecule has 0 aliphatic rings. The number of fused-ring (bicyclic) bond motifs is 9. The van der Waals surface area contributed by atoms with Gasteiger partial charge in [-0.25, -0.2) is 0 Å². The Morgan fingerprint density at radius 2 is 0.714 bits per heavy atom. The minimum absolute atomic E-state index is 0.123. The minimum Gasteiger partial charge on any atom is -0.309 e. The molecule has 328 valence electrons. The standard InChI is InChI=1S/C66H45N3Si/c1-5-21-46(22-6-1)47-41-49(68-62-34-18-13-29-55(62)56-30-14-19-35-63(56)68)43-50(42-47)69-64-36-20-16-32-58(64)60-44-48(37-40-65(60)69)67-61-33-17-15-31-57(61)59-39-38-54(45-66(59)67)70(51-23-7-2-8-24-51,52-25-9-3-10-26-52)53-27-11-4-12-28-53/h1-45H/i1D,5D,6D,13D,14D,18D,19D,21D,22D,29D,30D,34D,35D. The van der Waals surface area contributed by atoms with E-state index in [-0.39, 0.29) is 38.6 Å². The van der Waals surface area contributed by atoms with E-state index in [0.29, 0.717) is 5.69 Å². The fourth-order valence-corrected chi connectivity index (χ4v) is 15.8. The fraction of sp³-hybridized carbons (Fsp3) is 0. The summed E-state index contributed by atoms with van der Waals surface area (Å²) in [5.41, 5.74) is 4.70. The van der Waals surface area contributed by atoms with Crippen molar-refractivity contribution in [1.29, 1.82) is 0 Å². The lowest BCUT2D eigenvalue weighted by atomic mass is 10.0. The van der Waals surface area contributed by atoms with Gasteiger partial charge in [0, 0.05) is 49.4 Å². The molecule has 14 aromatic rings. The van der Waals surface area contributed by atoms with Gasteiger partial charge in [0.05, 0.1) is 50.9 Å². The Labute approximate surface area is 425 Å². The fourth-order valence-electron chi connectivity index (χ4n) is 11.0. The maximum Gasteiger partial charge on any atom is 0.179 e. The first-order valence-electron chi connectivity index (χ1n) is 29.6. The molecule has 3 heterocycles. The molecule has 4 heteroatoms. The Kier molecular flexibility index (Phi) is 6.68. The molecule has 0 aliphatic heterocycles. The zero-order chi connectivity index (χ0) is 57.5. The van der Waals surface area contributed by atoms with E-state index in [1.54, 1.807) is 12.1 Å². The van der Waals surface area contributed by atoms with E-state index >= 15 is 0 Å². The van der Waals surface area contributed by atoms with Crippen LogP contribution in [0.1, 0.15) is 17.8 Å². The SMILES string of the molecule is [2H]c1c([2H])c([2H])c(-c2cc(-n3c4ccccc4c4cc(-n5c6ccccc6c6ccc([Si](c7ccccc7)(c7ccccc7)c7ccccc7)cc65)ccc43)cc(-n3c4c([2H])c([2H])c([2H])c([2H])c4c4c([2H])c([2H])c([2H])c([2H])c43)c2)c([2H])c1[2H]. The highest BCUT2D eigenvalue weighted by Gasteiger charge is 2.41. The predicted molar refractivity (Wildman–Crippen MR) is 299 cm³/mol. The van der Waals surface area contributed by atoms with E-state index in [2.05, 4.69) is 144 Å². The lowest BCUT2D eigenvalue weighted by molar-refractivity contribution is 1.13. The highest BCUT2D eigenvalue weighted by molar-refractivity contribution is 7.20. The summed E-state index contributed by atoms with van der Waals surface area (Å²) in [5, 5.41) is 8.60. The summed E-state index contributed by atoms with van der Waals surface area (Å²) in [7, 11) is -2.97. The van der Waals surface area contributed by atoms with Crippen LogP contribution in [0, 0.1) is 0 Å². The highest BCUT2D eigenvalue weighted by atomic mass is 28.3. The number of nitrogens with zero attached hydrogens (tertiary/aromatic N) is 3. The van der Waals surface area contributed by atoms with Gasteiger partial charge in [-0.3, -0.25) is 0 Å². The van der Waals surface area contributed by atoms with Gasteiger partial charge in [0.25, 0.3) is 0 Å². The molecular formula is C66H45N3Si. The Morgan fingerprint density at radius 3 is 1.30 bits per heavy atom. The third kappa shape index (κ3) is 6.07. The molecule has 0 N–H and O–H groups in total. The van der Waals surface area contributed by atoms with Crippen molar-refractivity contribution in [2.75, 3.05) is 0 Å². The normalized spacial score (nSPS) is 14.6. The van der Waals surface area contributed by atoms with Gasteiger partial charge < -0.3 is 13.7 Å². The quantitative estimate of drug-likeness (QED) is 0.107. The van der Waals surface area contributed by atoms with Crippen LogP contribution >= 0.6 is 0 Å². The average Bonchev–Trinajstić information content (AvgIpc) is 1.80. The first-order chi connectivity index (χ1) is 40.1. The summed E-state index contributed by atoms with van der Waals surface area (Å²) in [6.07, 6.45) is 0. The molecule has 0 saturated heterocycles. The molecule has 70 heavy (non-hydrogen) atoms. The molecule has 0 unspecified atom stereocenters. The number of hydrogen-bond donors (Lipinski definition) is 0. The molecule has 0 aliphatic carbocycles. The average molecular weight is 921 g/mol. The molecule has 0 amide bonds. The zero-order valence-corrected chi connectivity index (χ0v) is 38.3. The number of para-hydroxylation sites is 4. The Bertz CT molecular complexity index is 4870.